The zero-order valence-electron chi connectivity index (χ0n) is 10.4. The monoisotopic (exact) mass is 219 g/mol. The molecule has 2 heteroatoms. The number of unbranched alkanes of at least 4 members (excludes halogenated alkanes) is 1. The highest BCUT2D eigenvalue weighted by Crippen LogP contribution is 2.10. The topological polar surface area (TPSA) is 29.1 Å². The van der Waals surface area contributed by atoms with Crippen LogP contribution < -0.4 is 5.32 Å². The predicted octanol–water partition coefficient (Wildman–Crippen LogP) is 2.96. The standard InChI is InChI=1S/C14H21NO/c1-4-5-6-13(15-3)14(16)12-9-7-11(2)8-10-12/h7-10,13,15H,4-6H2,1-3H3/t13-/m1/s1. The number of carbonyl (C=O) groups excluding carboxylic acids is 1. The van der Waals surface area contributed by atoms with Crippen LogP contribution in [0, 0.1) is 6.92 Å². The number of hydrogen-bond donors (Lipinski definition) is 1. The Morgan fingerprint density at radius 1 is 1.31 bits per heavy atom. The van der Waals surface area contributed by atoms with Crippen molar-refractivity contribution in [1.82, 2.24) is 5.32 Å². The Morgan fingerprint density at radius 3 is 2.44 bits per heavy atom. The van der Waals surface area contributed by atoms with Crippen molar-refractivity contribution in [2.24, 2.45) is 0 Å². The van der Waals surface area contributed by atoms with Crippen molar-refractivity contribution in [3.05, 3.63) is 35.4 Å². The lowest BCUT2D eigenvalue weighted by molar-refractivity contribution is 0.0941. The largest absolute Gasteiger partial charge is 0.310 e. The molecule has 0 saturated heterocycles. The van der Waals surface area contributed by atoms with E-state index in [1.165, 1.54) is 5.56 Å². The van der Waals surface area contributed by atoms with E-state index in [4.69, 9.17) is 0 Å². The number of rotatable bonds is 6. The fourth-order valence-corrected chi connectivity index (χ4v) is 1.73. The molecule has 0 saturated carbocycles. The van der Waals surface area contributed by atoms with Crippen LogP contribution in [-0.2, 0) is 0 Å². The molecule has 1 N–H and O–H groups in total. The van der Waals surface area contributed by atoms with Crippen LogP contribution in [0.4, 0.5) is 0 Å². The minimum absolute atomic E-state index is 0.0392. The predicted molar refractivity (Wildman–Crippen MR) is 67.9 cm³/mol. The summed E-state index contributed by atoms with van der Waals surface area (Å²) in [5, 5.41) is 3.10. The quantitative estimate of drug-likeness (QED) is 0.745. The summed E-state index contributed by atoms with van der Waals surface area (Å²) < 4.78 is 0. The third kappa shape index (κ3) is 3.46. The maximum absolute atomic E-state index is 12.1. The number of benzene rings is 1. The van der Waals surface area contributed by atoms with Gasteiger partial charge in [0.15, 0.2) is 5.78 Å². The molecule has 1 aromatic rings. The fraction of sp³-hybridized carbons (Fsp3) is 0.500. The Morgan fingerprint density at radius 2 is 1.94 bits per heavy atom. The molecule has 16 heavy (non-hydrogen) atoms. The molecule has 1 atom stereocenters. The number of aryl methyl sites for hydroxylation is 1. The summed E-state index contributed by atoms with van der Waals surface area (Å²) in [6.07, 6.45) is 3.13. The molecule has 0 spiro atoms. The van der Waals surface area contributed by atoms with Gasteiger partial charge in [0.25, 0.3) is 0 Å². The van der Waals surface area contributed by atoms with E-state index in [0.717, 1.165) is 24.8 Å². The molecule has 88 valence electrons. The second-order valence-corrected chi connectivity index (χ2v) is 4.21. The Hall–Kier alpha value is -1.15. The Labute approximate surface area is 98.1 Å². The molecule has 0 radical (unpaired) electrons. The average molecular weight is 219 g/mol. The first-order chi connectivity index (χ1) is 7.69. The van der Waals surface area contributed by atoms with Gasteiger partial charge >= 0.3 is 0 Å². The van der Waals surface area contributed by atoms with Crippen molar-refractivity contribution >= 4 is 5.78 Å². The summed E-state index contributed by atoms with van der Waals surface area (Å²) in [4.78, 5) is 12.1. The number of likely N-dealkylation sites (N-methyl/N-ethyl adjacent to an activating group) is 1. The molecule has 0 bridgehead atoms. The highest BCUT2D eigenvalue weighted by molar-refractivity contribution is 6.00. The van der Waals surface area contributed by atoms with Gasteiger partial charge in [0.2, 0.25) is 0 Å². The number of Topliss-reactive ketones (excluding diaryl/α,β-unsaturated/α-hetero) is 1. The molecule has 0 aliphatic carbocycles. The third-order valence-corrected chi connectivity index (χ3v) is 2.85. The zero-order chi connectivity index (χ0) is 12.0. The first kappa shape index (κ1) is 12.9. The first-order valence-electron chi connectivity index (χ1n) is 5.97. The van der Waals surface area contributed by atoms with Crippen LogP contribution in [0.25, 0.3) is 0 Å². The normalized spacial score (nSPS) is 12.4. The zero-order valence-corrected chi connectivity index (χ0v) is 10.4. The third-order valence-electron chi connectivity index (χ3n) is 2.85. The SMILES string of the molecule is CCCC[C@@H](NC)C(=O)c1ccc(C)cc1. The summed E-state index contributed by atoms with van der Waals surface area (Å²) >= 11 is 0. The minimum atomic E-state index is -0.0392. The average Bonchev–Trinajstić information content (AvgIpc) is 2.30. The first-order valence-corrected chi connectivity index (χ1v) is 5.97. The minimum Gasteiger partial charge on any atom is -0.310 e. The Kier molecular flexibility index (Phi) is 5.20. The maximum atomic E-state index is 12.1. The summed E-state index contributed by atoms with van der Waals surface area (Å²) in [6.45, 7) is 4.17. The molecular formula is C14H21NO. The van der Waals surface area contributed by atoms with Gasteiger partial charge in [-0.05, 0) is 20.4 Å². The molecule has 1 aromatic carbocycles. The van der Waals surface area contributed by atoms with Crippen molar-refractivity contribution < 1.29 is 4.79 Å². The van der Waals surface area contributed by atoms with Crippen LogP contribution in [0.3, 0.4) is 0 Å². The molecule has 1 rings (SSSR count). The fourth-order valence-electron chi connectivity index (χ4n) is 1.73. The van der Waals surface area contributed by atoms with Crippen molar-refractivity contribution in [2.75, 3.05) is 7.05 Å². The molecule has 0 aliphatic rings. The van der Waals surface area contributed by atoms with Gasteiger partial charge in [-0.15, -0.1) is 0 Å². The van der Waals surface area contributed by atoms with Gasteiger partial charge in [-0.2, -0.15) is 0 Å². The highest BCUT2D eigenvalue weighted by Gasteiger charge is 2.16. The van der Waals surface area contributed by atoms with E-state index in [2.05, 4.69) is 12.2 Å². The molecule has 0 heterocycles. The van der Waals surface area contributed by atoms with Crippen molar-refractivity contribution in [3.8, 4) is 0 Å². The van der Waals surface area contributed by atoms with E-state index in [1.807, 2.05) is 38.2 Å². The lowest BCUT2D eigenvalue weighted by Crippen LogP contribution is -2.33. The van der Waals surface area contributed by atoms with Crippen LogP contribution in [0.2, 0.25) is 0 Å². The Balaban J connectivity index is 2.70. The molecule has 2 nitrogen and oxygen atoms in total. The summed E-state index contributed by atoms with van der Waals surface area (Å²) in [5.74, 6) is 0.205. The summed E-state index contributed by atoms with van der Waals surface area (Å²) in [6, 6.07) is 7.75. The second kappa shape index (κ2) is 6.44. The molecule has 0 amide bonds. The van der Waals surface area contributed by atoms with Crippen molar-refractivity contribution in [2.45, 2.75) is 39.2 Å². The van der Waals surface area contributed by atoms with Crippen LogP contribution in [0.15, 0.2) is 24.3 Å². The maximum Gasteiger partial charge on any atom is 0.179 e. The summed E-state index contributed by atoms with van der Waals surface area (Å²) in [7, 11) is 1.85. The number of nitrogens with one attached hydrogen (secondary N) is 1. The van der Waals surface area contributed by atoms with E-state index >= 15 is 0 Å². The molecule has 0 fully saturated rings. The highest BCUT2D eigenvalue weighted by atomic mass is 16.1. The van der Waals surface area contributed by atoms with E-state index in [0.29, 0.717) is 0 Å². The van der Waals surface area contributed by atoms with Gasteiger partial charge < -0.3 is 5.32 Å². The van der Waals surface area contributed by atoms with Crippen LogP contribution in [-0.4, -0.2) is 18.9 Å². The van der Waals surface area contributed by atoms with Crippen LogP contribution in [0.5, 0.6) is 0 Å². The smallest absolute Gasteiger partial charge is 0.179 e. The molecule has 0 aromatic heterocycles. The van der Waals surface area contributed by atoms with Crippen LogP contribution >= 0.6 is 0 Å². The Bertz CT molecular complexity index is 329. The number of hydrogen-bond acceptors (Lipinski definition) is 2. The van der Waals surface area contributed by atoms with Crippen LogP contribution in [0.1, 0.15) is 42.1 Å². The molecule has 0 aliphatic heterocycles. The van der Waals surface area contributed by atoms with Crippen molar-refractivity contribution in [3.63, 3.8) is 0 Å². The van der Waals surface area contributed by atoms with Crippen molar-refractivity contribution in [1.29, 1.82) is 0 Å². The van der Waals surface area contributed by atoms with E-state index in [1.54, 1.807) is 0 Å². The van der Waals surface area contributed by atoms with E-state index in [9.17, 15) is 4.79 Å². The summed E-state index contributed by atoms with van der Waals surface area (Å²) in [5.41, 5.74) is 1.99. The lowest BCUT2D eigenvalue weighted by Gasteiger charge is -2.14. The van der Waals surface area contributed by atoms with Gasteiger partial charge in [0.05, 0.1) is 6.04 Å². The van der Waals surface area contributed by atoms with Gasteiger partial charge in [0, 0.05) is 5.56 Å². The van der Waals surface area contributed by atoms with E-state index in [-0.39, 0.29) is 11.8 Å². The number of carbonyl (C=O) groups is 1. The van der Waals surface area contributed by atoms with Gasteiger partial charge in [-0.1, -0.05) is 49.6 Å². The van der Waals surface area contributed by atoms with Gasteiger partial charge in [-0.3, -0.25) is 4.79 Å². The van der Waals surface area contributed by atoms with E-state index < -0.39 is 0 Å². The van der Waals surface area contributed by atoms with Gasteiger partial charge in [0.1, 0.15) is 0 Å². The lowest BCUT2D eigenvalue weighted by atomic mass is 9.99. The second-order valence-electron chi connectivity index (χ2n) is 4.21. The molecular weight excluding hydrogens is 198 g/mol. The molecule has 0 unspecified atom stereocenters. The number of ketones is 1. The van der Waals surface area contributed by atoms with Gasteiger partial charge in [-0.25, -0.2) is 0 Å².